The second-order valence-corrected chi connectivity index (χ2v) is 4.43. The molecule has 2 rings (SSSR count). The monoisotopic (exact) mass is 280 g/mol. The average Bonchev–Trinajstić information content (AvgIpc) is 2.28. The number of aliphatic hydroxyl groups excluding tert-OH is 1. The molecule has 1 N–H and O–H groups in total. The Morgan fingerprint density at radius 2 is 1.62 bits per heavy atom. The van der Waals surface area contributed by atoms with Gasteiger partial charge in [0.15, 0.2) is 0 Å². The van der Waals surface area contributed by atoms with Gasteiger partial charge in [-0.3, -0.25) is 0 Å². The Kier molecular flexibility index (Phi) is 3.36. The highest BCUT2D eigenvalue weighted by Gasteiger charge is 2.10. The molecule has 0 spiro atoms. The van der Waals surface area contributed by atoms with Crippen LogP contribution < -0.4 is 0 Å². The van der Waals surface area contributed by atoms with Gasteiger partial charge in [-0.15, -0.1) is 0 Å². The van der Waals surface area contributed by atoms with Crippen molar-refractivity contribution in [3.63, 3.8) is 0 Å². The minimum Gasteiger partial charge on any atom is -0.384 e. The zero-order valence-electron chi connectivity index (χ0n) is 8.40. The highest BCUT2D eigenvalue weighted by atomic mass is 79.9. The standard InChI is InChI=1S/C13H10BrFO/c14-11-5-1-3-9(7-11)13(16)10-4-2-6-12(15)8-10/h1-8,13,16H/t13-/m0/s1. The fraction of sp³-hybridized carbons (Fsp3) is 0.0769. The molecule has 2 aromatic carbocycles. The van der Waals surface area contributed by atoms with Crippen molar-refractivity contribution in [3.8, 4) is 0 Å². The van der Waals surface area contributed by atoms with Crippen molar-refractivity contribution in [1.29, 1.82) is 0 Å². The highest BCUT2D eigenvalue weighted by Crippen LogP contribution is 2.24. The maximum atomic E-state index is 13.0. The van der Waals surface area contributed by atoms with Crippen LogP contribution in [0.2, 0.25) is 0 Å². The number of halogens is 2. The lowest BCUT2D eigenvalue weighted by Crippen LogP contribution is -1.99. The summed E-state index contributed by atoms with van der Waals surface area (Å²) in [6.07, 6.45) is -0.798. The summed E-state index contributed by atoms with van der Waals surface area (Å²) >= 11 is 3.33. The Hall–Kier alpha value is -1.19. The molecule has 0 aliphatic rings. The molecule has 0 saturated heterocycles. The Morgan fingerprint density at radius 3 is 2.25 bits per heavy atom. The van der Waals surface area contributed by atoms with Crippen LogP contribution in [0.4, 0.5) is 4.39 Å². The largest absolute Gasteiger partial charge is 0.384 e. The van der Waals surface area contributed by atoms with Crippen molar-refractivity contribution in [3.05, 3.63) is 69.9 Å². The van der Waals surface area contributed by atoms with Crippen LogP contribution in [0.25, 0.3) is 0 Å². The van der Waals surface area contributed by atoms with Crippen molar-refractivity contribution in [2.45, 2.75) is 6.10 Å². The fourth-order valence-electron chi connectivity index (χ4n) is 1.55. The second kappa shape index (κ2) is 4.76. The third-order valence-corrected chi connectivity index (χ3v) is 2.82. The molecular weight excluding hydrogens is 271 g/mol. The lowest BCUT2D eigenvalue weighted by molar-refractivity contribution is 0.219. The minimum atomic E-state index is -0.798. The predicted octanol–water partition coefficient (Wildman–Crippen LogP) is 3.67. The SMILES string of the molecule is O[C@H](c1cccc(F)c1)c1cccc(Br)c1. The zero-order valence-corrected chi connectivity index (χ0v) is 9.99. The van der Waals surface area contributed by atoms with Crippen LogP contribution in [0, 0.1) is 5.82 Å². The van der Waals surface area contributed by atoms with Crippen LogP contribution in [0.3, 0.4) is 0 Å². The molecule has 0 aliphatic carbocycles. The van der Waals surface area contributed by atoms with E-state index in [1.54, 1.807) is 18.2 Å². The molecule has 0 radical (unpaired) electrons. The molecule has 0 amide bonds. The van der Waals surface area contributed by atoms with E-state index in [0.29, 0.717) is 5.56 Å². The van der Waals surface area contributed by atoms with Crippen molar-refractivity contribution in [2.75, 3.05) is 0 Å². The van der Waals surface area contributed by atoms with E-state index in [1.807, 2.05) is 18.2 Å². The van der Waals surface area contributed by atoms with Gasteiger partial charge in [0.25, 0.3) is 0 Å². The van der Waals surface area contributed by atoms with E-state index < -0.39 is 6.10 Å². The Labute approximate surface area is 102 Å². The Morgan fingerprint density at radius 1 is 1.00 bits per heavy atom. The van der Waals surface area contributed by atoms with Gasteiger partial charge in [0.2, 0.25) is 0 Å². The molecule has 2 aromatic rings. The first kappa shape index (κ1) is 11.3. The lowest BCUT2D eigenvalue weighted by Gasteiger charge is -2.11. The van der Waals surface area contributed by atoms with Gasteiger partial charge in [0, 0.05) is 4.47 Å². The summed E-state index contributed by atoms with van der Waals surface area (Å²) in [7, 11) is 0. The number of rotatable bonds is 2. The van der Waals surface area contributed by atoms with Crippen LogP contribution in [0.15, 0.2) is 53.0 Å². The van der Waals surface area contributed by atoms with E-state index in [0.717, 1.165) is 10.0 Å². The summed E-state index contributed by atoms with van der Waals surface area (Å²) in [4.78, 5) is 0. The zero-order chi connectivity index (χ0) is 11.5. The van der Waals surface area contributed by atoms with E-state index in [-0.39, 0.29) is 5.82 Å². The molecule has 82 valence electrons. The quantitative estimate of drug-likeness (QED) is 0.890. The molecule has 1 nitrogen and oxygen atoms in total. The Bertz CT molecular complexity index is 453. The van der Waals surface area contributed by atoms with Gasteiger partial charge in [-0.25, -0.2) is 4.39 Å². The normalized spacial score (nSPS) is 12.4. The average molecular weight is 281 g/mol. The molecule has 0 aliphatic heterocycles. The van der Waals surface area contributed by atoms with Crippen molar-refractivity contribution < 1.29 is 9.50 Å². The first-order valence-corrected chi connectivity index (χ1v) is 5.65. The van der Waals surface area contributed by atoms with Gasteiger partial charge in [0.05, 0.1) is 0 Å². The Balaban J connectivity index is 2.35. The summed E-state index contributed by atoms with van der Waals surface area (Å²) in [6, 6.07) is 13.3. The van der Waals surface area contributed by atoms with Crippen molar-refractivity contribution in [2.24, 2.45) is 0 Å². The molecule has 1 atom stereocenters. The summed E-state index contributed by atoms with van der Waals surface area (Å²) in [5, 5.41) is 10.1. The minimum absolute atomic E-state index is 0.341. The van der Waals surface area contributed by atoms with Gasteiger partial charge in [-0.05, 0) is 35.4 Å². The van der Waals surface area contributed by atoms with E-state index in [9.17, 15) is 9.50 Å². The highest BCUT2D eigenvalue weighted by molar-refractivity contribution is 9.10. The molecule has 0 saturated carbocycles. The molecule has 0 unspecified atom stereocenters. The van der Waals surface area contributed by atoms with E-state index in [2.05, 4.69) is 15.9 Å². The number of hydrogen-bond acceptors (Lipinski definition) is 1. The van der Waals surface area contributed by atoms with E-state index in [4.69, 9.17) is 0 Å². The second-order valence-electron chi connectivity index (χ2n) is 3.51. The maximum Gasteiger partial charge on any atom is 0.123 e. The van der Waals surface area contributed by atoms with Gasteiger partial charge in [-0.1, -0.05) is 40.2 Å². The third-order valence-electron chi connectivity index (χ3n) is 2.33. The first-order chi connectivity index (χ1) is 7.66. The predicted molar refractivity (Wildman–Crippen MR) is 64.6 cm³/mol. The number of aliphatic hydroxyl groups is 1. The molecule has 3 heteroatoms. The van der Waals surface area contributed by atoms with Crippen LogP contribution in [0.5, 0.6) is 0 Å². The molecule has 0 aromatic heterocycles. The van der Waals surface area contributed by atoms with E-state index >= 15 is 0 Å². The van der Waals surface area contributed by atoms with Crippen LogP contribution in [0.1, 0.15) is 17.2 Å². The summed E-state index contributed by atoms with van der Waals surface area (Å²) in [6.45, 7) is 0. The summed E-state index contributed by atoms with van der Waals surface area (Å²) in [5.74, 6) is -0.341. The van der Waals surface area contributed by atoms with Crippen molar-refractivity contribution in [1.82, 2.24) is 0 Å². The molecule has 0 heterocycles. The molecule has 0 fully saturated rings. The lowest BCUT2D eigenvalue weighted by atomic mass is 10.0. The molecular formula is C13H10BrFO. The van der Waals surface area contributed by atoms with E-state index in [1.165, 1.54) is 12.1 Å². The number of benzene rings is 2. The summed E-state index contributed by atoms with van der Waals surface area (Å²) < 4.78 is 13.9. The fourth-order valence-corrected chi connectivity index (χ4v) is 1.96. The van der Waals surface area contributed by atoms with Gasteiger partial charge < -0.3 is 5.11 Å². The van der Waals surface area contributed by atoms with Gasteiger partial charge >= 0.3 is 0 Å². The van der Waals surface area contributed by atoms with Crippen LogP contribution in [-0.2, 0) is 0 Å². The molecule has 0 bridgehead atoms. The first-order valence-electron chi connectivity index (χ1n) is 4.86. The summed E-state index contributed by atoms with van der Waals surface area (Å²) in [5.41, 5.74) is 1.29. The van der Waals surface area contributed by atoms with Gasteiger partial charge in [0.1, 0.15) is 11.9 Å². The van der Waals surface area contributed by atoms with Gasteiger partial charge in [-0.2, -0.15) is 0 Å². The number of hydrogen-bond donors (Lipinski definition) is 1. The topological polar surface area (TPSA) is 20.2 Å². The van der Waals surface area contributed by atoms with Crippen molar-refractivity contribution >= 4 is 15.9 Å². The van der Waals surface area contributed by atoms with Crippen LogP contribution >= 0.6 is 15.9 Å². The molecule has 16 heavy (non-hydrogen) atoms. The smallest absolute Gasteiger partial charge is 0.123 e. The van der Waals surface area contributed by atoms with Crippen LogP contribution in [-0.4, -0.2) is 5.11 Å². The third kappa shape index (κ3) is 2.49. The maximum absolute atomic E-state index is 13.0.